The molecule has 0 bridgehead atoms. The molecule has 116 valence electrons. The van der Waals surface area contributed by atoms with Gasteiger partial charge in [-0.05, 0) is 58.1 Å². The molecule has 3 N–H and O–H groups in total. The van der Waals surface area contributed by atoms with E-state index >= 15 is 0 Å². The van der Waals surface area contributed by atoms with E-state index in [1.54, 1.807) is 11.1 Å². The summed E-state index contributed by atoms with van der Waals surface area (Å²) in [7, 11) is 0. The van der Waals surface area contributed by atoms with Gasteiger partial charge in [0.15, 0.2) is 0 Å². The van der Waals surface area contributed by atoms with Gasteiger partial charge in [0, 0.05) is 18.3 Å². The third-order valence-corrected chi connectivity index (χ3v) is 4.51. The molecule has 0 aromatic carbocycles. The van der Waals surface area contributed by atoms with Crippen LogP contribution in [0.5, 0.6) is 0 Å². The van der Waals surface area contributed by atoms with Gasteiger partial charge in [0.25, 0.3) is 0 Å². The van der Waals surface area contributed by atoms with Gasteiger partial charge >= 0.3 is 6.09 Å². The van der Waals surface area contributed by atoms with Crippen LogP contribution < -0.4 is 5.73 Å². The van der Waals surface area contributed by atoms with Crippen LogP contribution in [0.4, 0.5) is 4.79 Å². The fourth-order valence-corrected chi connectivity index (χ4v) is 3.25. The summed E-state index contributed by atoms with van der Waals surface area (Å²) in [5, 5.41) is 9.26. The van der Waals surface area contributed by atoms with Gasteiger partial charge in [0.1, 0.15) is 0 Å². The zero-order valence-corrected chi connectivity index (χ0v) is 13.0. The maximum Gasteiger partial charge on any atom is 0.407 e. The first-order valence-corrected chi connectivity index (χ1v) is 7.43. The lowest BCUT2D eigenvalue weighted by Gasteiger charge is -2.28. The van der Waals surface area contributed by atoms with Crippen LogP contribution >= 0.6 is 0 Å². The highest BCUT2D eigenvalue weighted by atomic mass is 16.4. The molecule has 0 saturated carbocycles. The second-order valence-electron chi connectivity index (χ2n) is 6.95. The third-order valence-electron chi connectivity index (χ3n) is 4.51. The van der Waals surface area contributed by atoms with Crippen LogP contribution in [0.15, 0.2) is 24.4 Å². The fraction of sp³-hybridized carbons (Fsp3) is 0.625. The summed E-state index contributed by atoms with van der Waals surface area (Å²) in [6, 6.07) is 5.77. The Hall–Kier alpha value is -1.62. The van der Waals surface area contributed by atoms with Crippen molar-refractivity contribution in [3.8, 4) is 0 Å². The number of hydrogen-bond donors (Lipinski definition) is 2. The minimum Gasteiger partial charge on any atom is -0.465 e. The Morgan fingerprint density at radius 3 is 2.81 bits per heavy atom. The van der Waals surface area contributed by atoms with Crippen LogP contribution in [-0.2, 0) is 5.54 Å². The molecule has 1 amide bonds. The largest absolute Gasteiger partial charge is 0.465 e. The highest BCUT2D eigenvalue weighted by Crippen LogP contribution is 2.36. The van der Waals surface area contributed by atoms with Crippen molar-refractivity contribution in [1.82, 2.24) is 9.88 Å². The Morgan fingerprint density at radius 2 is 2.29 bits per heavy atom. The molecule has 0 spiro atoms. The molecule has 5 nitrogen and oxygen atoms in total. The average Bonchev–Trinajstić information content (AvgIpc) is 2.73. The van der Waals surface area contributed by atoms with Crippen LogP contribution in [0.25, 0.3) is 0 Å². The molecule has 1 aliphatic heterocycles. The van der Waals surface area contributed by atoms with Crippen LogP contribution in [-0.4, -0.2) is 33.2 Å². The Morgan fingerprint density at radius 1 is 1.57 bits per heavy atom. The van der Waals surface area contributed by atoms with E-state index in [0.29, 0.717) is 12.5 Å². The minimum absolute atomic E-state index is 0.285. The van der Waals surface area contributed by atoms with Crippen molar-refractivity contribution in [2.45, 2.75) is 51.1 Å². The number of aromatic nitrogens is 1. The smallest absolute Gasteiger partial charge is 0.407 e. The molecule has 1 fully saturated rings. The molecular weight excluding hydrogens is 266 g/mol. The van der Waals surface area contributed by atoms with Crippen molar-refractivity contribution in [2.24, 2.45) is 11.7 Å². The number of amides is 1. The van der Waals surface area contributed by atoms with Crippen LogP contribution in [0.1, 0.15) is 45.7 Å². The number of carboxylic acid groups (broad SMARTS) is 1. The molecule has 0 radical (unpaired) electrons. The number of likely N-dealkylation sites (tertiary alicyclic amines) is 1. The van der Waals surface area contributed by atoms with Crippen LogP contribution in [0.3, 0.4) is 0 Å². The van der Waals surface area contributed by atoms with E-state index in [1.165, 1.54) is 0 Å². The van der Waals surface area contributed by atoms with Crippen molar-refractivity contribution in [3.05, 3.63) is 30.1 Å². The molecule has 2 rings (SSSR count). The zero-order chi connectivity index (χ0) is 15.7. The van der Waals surface area contributed by atoms with E-state index in [-0.39, 0.29) is 5.54 Å². The molecular formula is C16H25N3O2. The molecule has 0 aliphatic carbocycles. The highest BCUT2D eigenvalue weighted by molar-refractivity contribution is 5.66. The summed E-state index contributed by atoms with van der Waals surface area (Å²) in [5.74, 6) is 0.364. The Kier molecular flexibility index (Phi) is 4.23. The highest BCUT2D eigenvalue weighted by Gasteiger charge is 2.41. The Labute approximate surface area is 126 Å². The van der Waals surface area contributed by atoms with E-state index in [0.717, 1.165) is 25.0 Å². The third kappa shape index (κ3) is 3.53. The predicted octanol–water partition coefficient (Wildman–Crippen LogP) is 2.81. The van der Waals surface area contributed by atoms with E-state index < -0.39 is 11.6 Å². The van der Waals surface area contributed by atoms with Gasteiger partial charge in [-0.15, -0.1) is 0 Å². The molecule has 1 aromatic rings. The quantitative estimate of drug-likeness (QED) is 0.894. The van der Waals surface area contributed by atoms with Gasteiger partial charge in [-0.25, -0.2) is 4.79 Å². The summed E-state index contributed by atoms with van der Waals surface area (Å²) in [6.07, 6.45) is 3.53. The fourth-order valence-electron chi connectivity index (χ4n) is 3.25. The first-order valence-electron chi connectivity index (χ1n) is 7.43. The van der Waals surface area contributed by atoms with Gasteiger partial charge in [0.05, 0.1) is 11.2 Å². The van der Waals surface area contributed by atoms with Gasteiger partial charge < -0.3 is 15.7 Å². The maximum absolute atomic E-state index is 11.3. The van der Waals surface area contributed by atoms with Gasteiger partial charge in [-0.1, -0.05) is 6.07 Å². The van der Waals surface area contributed by atoms with Crippen molar-refractivity contribution < 1.29 is 9.90 Å². The lowest BCUT2D eigenvalue weighted by Crippen LogP contribution is -2.41. The SMILES string of the molecule is CC(N)(CC[C@@H]1CN(C(=O)O)C(C)(C)C1)c1ccccn1. The number of carbonyl (C=O) groups is 1. The van der Waals surface area contributed by atoms with Gasteiger partial charge in [-0.3, -0.25) is 4.98 Å². The molecule has 5 heteroatoms. The Bertz CT molecular complexity index is 500. The summed E-state index contributed by atoms with van der Waals surface area (Å²) < 4.78 is 0. The molecule has 2 heterocycles. The second kappa shape index (κ2) is 5.64. The molecule has 1 unspecified atom stereocenters. The zero-order valence-electron chi connectivity index (χ0n) is 13.0. The van der Waals surface area contributed by atoms with E-state index in [1.807, 2.05) is 39.0 Å². The lowest BCUT2D eigenvalue weighted by atomic mass is 9.86. The Balaban J connectivity index is 1.97. The number of hydrogen-bond acceptors (Lipinski definition) is 3. The molecule has 21 heavy (non-hydrogen) atoms. The lowest BCUT2D eigenvalue weighted by molar-refractivity contribution is 0.117. The summed E-state index contributed by atoms with van der Waals surface area (Å²) in [5.41, 5.74) is 6.52. The first kappa shape index (κ1) is 15.8. The molecule has 1 saturated heterocycles. The van der Waals surface area contributed by atoms with Gasteiger partial charge in [-0.2, -0.15) is 0 Å². The van der Waals surface area contributed by atoms with Crippen molar-refractivity contribution in [3.63, 3.8) is 0 Å². The van der Waals surface area contributed by atoms with Crippen molar-refractivity contribution in [1.29, 1.82) is 0 Å². The summed E-state index contributed by atoms with van der Waals surface area (Å²) in [4.78, 5) is 17.2. The second-order valence-corrected chi connectivity index (χ2v) is 6.95. The number of nitrogens with zero attached hydrogens (tertiary/aromatic N) is 2. The predicted molar refractivity (Wildman–Crippen MR) is 81.9 cm³/mol. The van der Waals surface area contributed by atoms with Gasteiger partial charge in [0.2, 0.25) is 0 Å². The van der Waals surface area contributed by atoms with Crippen LogP contribution in [0.2, 0.25) is 0 Å². The van der Waals surface area contributed by atoms with Crippen molar-refractivity contribution >= 4 is 6.09 Å². The number of pyridine rings is 1. The molecule has 1 aromatic heterocycles. The van der Waals surface area contributed by atoms with Crippen LogP contribution in [0, 0.1) is 5.92 Å². The molecule has 2 atom stereocenters. The normalized spacial score (nSPS) is 23.8. The summed E-state index contributed by atoms with van der Waals surface area (Å²) in [6.45, 7) is 6.56. The van der Waals surface area contributed by atoms with Crippen molar-refractivity contribution in [2.75, 3.05) is 6.54 Å². The van der Waals surface area contributed by atoms with E-state index in [4.69, 9.17) is 5.73 Å². The first-order chi connectivity index (χ1) is 9.72. The standard InChI is InChI=1S/C16H25N3O2/c1-15(2)10-12(11-19(15)14(20)21)7-8-16(3,17)13-6-4-5-9-18-13/h4-6,9,12H,7-8,10-11,17H2,1-3H3,(H,20,21)/t12-,16?/m0/s1. The van der Waals surface area contributed by atoms with E-state index in [9.17, 15) is 9.90 Å². The minimum atomic E-state index is -0.831. The monoisotopic (exact) mass is 291 g/mol. The summed E-state index contributed by atoms with van der Waals surface area (Å²) >= 11 is 0. The topological polar surface area (TPSA) is 79.5 Å². The maximum atomic E-state index is 11.3. The number of nitrogens with two attached hydrogens (primary N) is 1. The van der Waals surface area contributed by atoms with E-state index in [2.05, 4.69) is 4.98 Å². The molecule has 1 aliphatic rings. The average molecular weight is 291 g/mol. The number of rotatable bonds is 4.